The summed E-state index contributed by atoms with van der Waals surface area (Å²) in [6.45, 7) is 3.00. The predicted molar refractivity (Wildman–Crippen MR) is 160 cm³/mol. The highest BCUT2D eigenvalue weighted by atomic mass is 35.5. The summed E-state index contributed by atoms with van der Waals surface area (Å²) >= 11 is 12.6. The van der Waals surface area contributed by atoms with Gasteiger partial charge in [0.15, 0.2) is 0 Å². The third kappa shape index (κ3) is 4.50. The maximum Gasteiger partial charge on any atom is 0.273 e. The molecule has 0 bridgehead atoms. The molecule has 5 nitrogen and oxygen atoms in total. The van der Waals surface area contributed by atoms with Crippen LogP contribution < -0.4 is 10.1 Å². The van der Waals surface area contributed by atoms with E-state index >= 15 is 0 Å². The number of ether oxygens (including phenoxy) is 1. The SMILES string of the molecule is CCc1ccc(-c2c3c4n(c(-c5ccc(Cl)c(Cl)c5)cn4c2C(=O)Nc2ccccc2OC)CCCC3)cc1. The Morgan fingerprint density at radius 1 is 0.974 bits per heavy atom. The molecule has 1 aliphatic rings. The molecule has 0 fully saturated rings. The van der Waals surface area contributed by atoms with Gasteiger partial charge in [-0.05, 0) is 61.1 Å². The molecule has 3 aromatic carbocycles. The number of carbonyl (C=O) groups is 1. The number of carbonyl (C=O) groups excluding carboxylic acids is 1. The Morgan fingerprint density at radius 2 is 1.74 bits per heavy atom. The molecule has 39 heavy (non-hydrogen) atoms. The van der Waals surface area contributed by atoms with Gasteiger partial charge >= 0.3 is 0 Å². The highest BCUT2D eigenvalue weighted by Gasteiger charge is 2.30. The maximum atomic E-state index is 14.2. The van der Waals surface area contributed by atoms with Crippen LogP contribution in [0.4, 0.5) is 5.69 Å². The lowest BCUT2D eigenvalue weighted by Gasteiger charge is -2.12. The quantitative estimate of drug-likeness (QED) is 0.227. The summed E-state index contributed by atoms with van der Waals surface area (Å²) in [6.07, 6.45) is 6.00. The van der Waals surface area contributed by atoms with Crippen LogP contribution in [0.5, 0.6) is 5.75 Å². The molecule has 1 N–H and O–H groups in total. The van der Waals surface area contributed by atoms with Gasteiger partial charge < -0.3 is 14.6 Å². The Kier molecular flexibility index (Phi) is 6.88. The number of hydrogen-bond acceptors (Lipinski definition) is 2. The molecule has 1 amide bonds. The lowest BCUT2D eigenvalue weighted by molar-refractivity contribution is 0.102. The molecule has 7 heteroatoms. The first-order valence-electron chi connectivity index (χ1n) is 13.3. The summed E-state index contributed by atoms with van der Waals surface area (Å²) in [6, 6.07) is 21.7. The van der Waals surface area contributed by atoms with E-state index in [-0.39, 0.29) is 5.91 Å². The molecule has 0 radical (unpaired) electrons. The van der Waals surface area contributed by atoms with E-state index in [9.17, 15) is 4.79 Å². The van der Waals surface area contributed by atoms with Crippen LogP contribution in [-0.4, -0.2) is 22.0 Å². The number of halogens is 2. The van der Waals surface area contributed by atoms with Crippen LogP contribution in [0.1, 0.15) is 41.4 Å². The smallest absolute Gasteiger partial charge is 0.273 e. The molecule has 0 saturated carbocycles. The number of rotatable bonds is 6. The van der Waals surface area contributed by atoms with Crippen LogP contribution in [0.2, 0.25) is 10.0 Å². The number of aromatic nitrogens is 2. The molecule has 2 aromatic heterocycles. The first kappa shape index (κ1) is 25.6. The number of benzene rings is 3. The Morgan fingerprint density at radius 3 is 2.49 bits per heavy atom. The van der Waals surface area contributed by atoms with Crippen molar-refractivity contribution >= 4 is 40.4 Å². The van der Waals surface area contributed by atoms with Crippen LogP contribution >= 0.6 is 23.2 Å². The van der Waals surface area contributed by atoms with Crippen molar-refractivity contribution in [2.75, 3.05) is 12.4 Å². The van der Waals surface area contributed by atoms with E-state index in [4.69, 9.17) is 27.9 Å². The lowest BCUT2D eigenvalue weighted by atomic mass is 9.96. The topological polar surface area (TPSA) is 47.7 Å². The number of imidazole rings is 1. The van der Waals surface area contributed by atoms with Crippen molar-refractivity contribution in [2.24, 2.45) is 0 Å². The zero-order valence-corrected chi connectivity index (χ0v) is 23.4. The van der Waals surface area contributed by atoms with Gasteiger partial charge in [0, 0.05) is 29.4 Å². The Balaban J connectivity index is 1.60. The summed E-state index contributed by atoms with van der Waals surface area (Å²) in [4.78, 5) is 14.2. The first-order valence-corrected chi connectivity index (χ1v) is 14.0. The Bertz CT molecular complexity index is 1700. The van der Waals surface area contributed by atoms with Gasteiger partial charge in [0.05, 0.1) is 28.5 Å². The van der Waals surface area contributed by atoms with Gasteiger partial charge in [-0.1, -0.05) is 72.6 Å². The zero-order chi connectivity index (χ0) is 27.1. The van der Waals surface area contributed by atoms with Gasteiger partial charge in [-0.15, -0.1) is 0 Å². The second-order valence-corrected chi connectivity index (χ2v) is 10.7. The molecule has 0 atom stereocenters. The van der Waals surface area contributed by atoms with E-state index in [0.717, 1.165) is 60.3 Å². The highest BCUT2D eigenvalue weighted by Crippen LogP contribution is 2.41. The molecule has 0 unspecified atom stereocenters. The number of nitrogens with one attached hydrogen (secondary N) is 1. The monoisotopic (exact) mass is 557 g/mol. The fourth-order valence-electron chi connectivity index (χ4n) is 5.64. The summed E-state index contributed by atoms with van der Waals surface area (Å²) in [5, 5.41) is 4.15. The Hall–Kier alpha value is -3.67. The van der Waals surface area contributed by atoms with E-state index in [0.29, 0.717) is 27.2 Å². The molecule has 3 heterocycles. The van der Waals surface area contributed by atoms with Gasteiger partial charge in [-0.25, -0.2) is 0 Å². The van der Waals surface area contributed by atoms with Gasteiger partial charge in [0.2, 0.25) is 0 Å². The van der Waals surface area contributed by atoms with Crippen LogP contribution in [-0.2, 0) is 19.4 Å². The summed E-state index contributed by atoms with van der Waals surface area (Å²) in [7, 11) is 1.61. The summed E-state index contributed by atoms with van der Waals surface area (Å²) in [5.74, 6) is 0.427. The van der Waals surface area contributed by atoms with E-state index < -0.39 is 0 Å². The lowest BCUT2D eigenvalue weighted by Crippen LogP contribution is -2.16. The standard InChI is InChI=1S/C32H29Cl2N3O2/c1-3-20-11-13-21(14-12-20)29-23-8-6-7-17-36-27(22-15-16-24(33)25(34)18-22)19-37(32(23)36)30(29)31(38)35-26-9-4-5-10-28(26)39-2/h4-5,9-16,18-19H,3,6-8,17H2,1-2H3,(H,35,38). The number of methoxy groups -OCH3 is 1. The number of amides is 1. The van der Waals surface area contributed by atoms with Crippen molar-refractivity contribution in [2.45, 2.75) is 39.2 Å². The minimum absolute atomic E-state index is 0.186. The second kappa shape index (κ2) is 10.5. The van der Waals surface area contributed by atoms with Crippen molar-refractivity contribution in [1.82, 2.24) is 8.97 Å². The average Bonchev–Trinajstić information content (AvgIpc) is 3.38. The largest absolute Gasteiger partial charge is 0.495 e. The predicted octanol–water partition coefficient (Wildman–Crippen LogP) is 8.54. The van der Waals surface area contributed by atoms with Gasteiger partial charge in [-0.3, -0.25) is 9.20 Å². The van der Waals surface area contributed by atoms with Gasteiger partial charge in [0.25, 0.3) is 5.91 Å². The number of para-hydroxylation sites is 2. The first-order chi connectivity index (χ1) is 19.0. The van der Waals surface area contributed by atoms with Crippen molar-refractivity contribution in [1.29, 1.82) is 0 Å². The van der Waals surface area contributed by atoms with E-state index in [2.05, 4.69) is 51.7 Å². The highest BCUT2D eigenvalue weighted by molar-refractivity contribution is 6.42. The van der Waals surface area contributed by atoms with Gasteiger partial charge in [-0.2, -0.15) is 0 Å². The minimum atomic E-state index is -0.186. The van der Waals surface area contributed by atoms with Crippen LogP contribution in [0.3, 0.4) is 0 Å². The maximum absolute atomic E-state index is 14.2. The average molecular weight is 559 g/mol. The number of aryl methyl sites for hydroxylation is 3. The molecular formula is C32H29Cl2N3O2. The van der Waals surface area contributed by atoms with Crippen LogP contribution in [0.25, 0.3) is 28.0 Å². The fourth-order valence-corrected chi connectivity index (χ4v) is 5.94. The normalized spacial score (nSPS) is 12.9. The van der Waals surface area contributed by atoms with Crippen molar-refractivity contribution < 1.29 is 9.53 Å². The third-order valence-corrected chi connectivity index (χ3v) is 8.31. The molecule has 0 spiro atoms. The number of nitrogens with zero attached hydrogens (tertiary/aromatic N) is 2. The molecule has 1 aliphatic heterocycles. The molecule has 0 aliphatic carbocycles. The molecule has 5 aromatic rings. The Labute approximate surface area is 237 Å². The molecular weight excluding hydrogens is 529 g/mol. The number of anilines is 1. The van der Waals surface area contributed by atoms with Crippen LogP contribution in [0.15, 0.2) is 72.9 Å². The van der Waals surface area contributed by atoms with E-state index in [1.807, 2.05) is 42.5 Å². The van der Waals surface area contributed by atoms with Crippen LogP contribution in [0, 0.1) is 0 Å². The third-order valence-electron chi connectivity index (χ3n) is 7.57. The van der Waals surface area contributed by atoms with Crippen molar-refractivity contribution in [3.05, 3.63) is 99.8 Å². The fraction of sp³-hybridized carbons (Fsp3) is 0.219. The molecule has 6 rings (SSSR count). The molecule has 0 saturated heterocycles. The minimum Gasteiger partial charge on any atom is -0.495 e. The summed E-state index contributed by atoms with van der Waals surface area (Å²) < 4.78 is 9.90. The van der Waals surface area contributed by atoms with E-state index in [1.165, 1.54) is 11.1 Å². The zero-order valence-electron chi connectivity index (χ0n) is 21.9. The van der Waals surface area contributed by atoms with Gasteiger partial charge in [0.1, 0.15) is 17.1 Å². The van der Waals surface area contributed by atoms with Crippen molar-refractivity contribution in [3.8, 4) is 28.1 Å². The van der Waals surface area contributed by atoms with E-state index in [1.54, 1.807) is 7.11 Å². The summed E-state index contributed by atoms with van der Waals surface area (Å²) in [5.41, 5.74) is 8.73. The van der Waals surface area contributed by atoms with Crippen molar-refractivity contribution in [3.63, 3.8) is 0 Å². The second-order valence-electron chi connectivity index (χ2n) is 9.85. The molecule has 198 valence electrons. The number of hydrogen-bond donors (Lipinski definition) is 1.